The van der Waals surface area contributed by atoms with Gasteiger partial charge in [0, 0.05) is 0 Å². The molecule has 0 aromatic carbocycles. The standard InChI is InChI=1S/C10H16N6O3/c1-16-14-7(13-15-16)6-11-9(19)12-10(8(17)18)4-2-3-5-10/h2-6H2,1H3,(H,17,18)(H2,11,12,19). The summed E-state index contributed by atoms with van der Waals surface area (Å²) in [5.74, 6) is -0.619. The first kappa shape index (κ1) is 13.2. The number of aliphatic carboxylic acids is 1. The molecular weight excluding hydrogens is 252 g/mol. The molecule has 1 saturated carbocycles. The Balaban J connectivity index is 1.88. The Labute approximate surface area is 109 Å². The molecule has 104 valence electrons. The minimum atomic E-state index is -1.14. The van der Waals surface area contributed by atoms with Crippen LogP contribution in [0.25, 0.3) is 0 Å². The molecule has 3 N–H and O–H groups in total. The highest BCUT2D eigenvalue weighted by Gasteiger charge is 2.42. The second-order valence-electron chi connectivity index (χ2n) is 4.60. The number of nitrogens with one attached hydrogen (secondary N) is 2. The number of aromatic nitrogens is 4. The molecule has 1 aliphatic rings. The lowest BCUT2D eigenvalue weighted by Gasteiger charge is -2.25. The Morgan fingerprint density at radius 1 is 1.42 bits per heavy atom. The summed E-state index contributed by atoms with van der Waals surface area (Å²) in [6.45, 7) is 0.107. The van der Waals surface area contributed by atoms with Crippen molar-refractivity contribution in [2.24, 2.45) is 7.05 Å². The Morgan fingerprint density at radius 3 is 2.63 bits per heavy atom. The van der Waals surface area contributed by atoms with E-state index in [4.69, 9.17) is 0 Å². The van der Waals surface area contributed by atoms with Crippen molar-refractivity contribution in [1.82, 2.24) is 30.8 Å². The fourth-order valence-corrected chi connectivity index (χ4v) is 2.19. The van der Waals surface area contributed by atoms with Gasteiger partial charge in [-0.25, -0.2) is 9.59 Å². The Morgan fingerprint density at radius 2 is 2.11 bits per heavy atom. The van der Waals surface area contributed by atoms with Crippen LogP contribution in [0.1, 0.15) is 31.5 Å². The van der Waals surface area contributed by atoms with Gasteiger partial charge in [0.2, 0.25) is 0 Å². The normalized spacial score (nSPS) is 17.1. The van der Waals surface area contributed by atoms with Gasteiger partial charge < -0.3 is 15.7 Å². The number of nitrogens with zero attached hydrogens (tertiary/aromatic N) is 4. The lowest BCUT2D eigenvalue weighted by Crippen LogP contribution is -2.55. The SMILES string of the molecule is Cn1nnc(CNC(=O)NC2(C(=O)O)CCCC2)n1. The van der Waals surface area contributed by atoms with Crippen LogP contribution in [-0.2, 0) is 18.4 Å². The predicted molar refractivity (Wildman–Crippen MR) is 63.0 cm³/mol. The molecule has 1 aliphatic carbocycles. The lowest BCUT2D eigenvalue weighted by molar-refractivity contribution is -0.144. The minimum absolute atomic E-state index is 0.107. The average Bonchev–Trinajstić information content (AvgIpc) is 2.97. The molecule has 9 nitrogen and oxygen atoms in total. The van der Waals surface area contributed by atoms with Gasteiger partial charge >= 0.3 is 12.0 Å². The molecule has 19 heavy (non-hydrogen) atoms. The quantitative estimate of drug-likeness (QED) is 0.670. The zero-order chi connectivity index (χ0) is 13.9. The molecule has 2 rings (SSSR count). The minimum Gasteiger partial charge on any atom is -0.480 e. The van der Waals surface area contributed by atoms with Gasteiger partial charge in [-0.15, -0.1) is 10.2 Å². The van der Waals surface area contributed by atoms with E-state index < -0.39 is 17.5 Å². The van der Waals surface area contributed by atoms with E-state index in [1.807, 2.05) is 0 Å². The molecule has 0 atom stereocenters. The molecule has 1 fully saturated rings. The number of aryl methyl sites for hydroxylation is 1. The highest BCUT2D eigenvalue weighted by Crippen LogP contribution is 2.29. The maximum Gasteiger partial charge on any atom is 0.329 e. The monoisotopic (exact) mass is 268 g/mol. The van der Waals surface area contributed by atoms with Crippen molar-refractivity contribution in [3.05, 3.63) is 5.82 Å². The second kappa shape index (κ2) is 5.21. The number of hydrogen-bond acceptors (Lipinski definition) is 5. The number of carbonyl (C=O) groups is 2. The highest BCUT2D eigenvalue weighted by atomic mass is 16.4. The third kappa shape index (κ3) is 2.98. The molecule has 1 aromatic heterocycles. The molecule has 1 heterocycles. The summed E-state index contributed by atoms with van der Waals surface area (Å²) in [6, 6.07) is -0.531. The molecular formula is C10H16N6O3. The maximum absolute atomic E-state index is 11.7. The van der Waals surface area contributed by atoms with Crippen molar-refractivity contribution in [3.8, 4) is 0 Å². The summed E-state index contributed by atoms with van der Waals surface area (Å²) in [5, 5.41) is 25.5. The first-order valence-electron chi connectivity index (χ1n) is 6.04. The molecule has 1 aromatic rings. The van der Waals surface area contributed by atoms with Crippen molar-refractivity contribution in [1.29, 1.82) is 0 Å². The van der Waals surface area contributed by atoms with Gasteiger partial charge in [-0.05, 0) is 18.1 Å². The first-order chi connectivity index (χ1) is 9.02. The Bertz CT molecular complexity index is 479. The van der Waals surface area contributed by atoms with E-state index in [-0.39, 0.29) is 6.54 Å². The van der Waals surface area contributed by atoms with Gasteiger partial charge in [0.15, 0.2) is 5.82 Å². The topological polar surface area (TPSA) is 122 Å². The third-order valence-electron chi connectivity index (χ3n) is 3.18. The van der Waals surface area contributed by atoms with E-state index in [2.05, 4.69) is 26.0 Å². The van der Waals surface area contributed by atoms with Gasteiger partial charge in [-0.1, -0.05) is 12.8 Å². The summed E-state index contributed by atoms with van der Waals surface area (Å²) in [7, 11) is 1.62. The third-order valence-corrected chi connectivity index (χ3v) is 3.18. The molecule has 0 saturated heterocycles. The first-order valence-corrected chi connectivity index (χ1v) is 6.04. The molecule has 2 amide bonds. The van der Waals surface area contributed by atoms with E-state index in [0.717, 1.165) is 12.8 Å². The summed E-state index contributed by atoms with van der Waals surface area (Å²) < 4.78 is 0. The number of carboxylic acid groups (broad SMARTS) is 1. The lowest BCUT2D eigenvalue weighted by atomic mass is 9.98. The maximum atomic E-state index is 11.7. The molecule has 9 heteroatoms. The number of amides is 2. The largest absolute Gasteiger partial charge is 0.480 e. The summed E-state index contributed by atoms with van der Waals surface area (Å²) in [6.07, 6.45) is 2.52. The van der Waals surface area contributed by atoms with Crippen molar-refractivity contribution < 1.29 is 14.7 Å². The van der Waals surface area contributed by atoms with E-state index in [0.29, 0.717) is 18.7 Å². The fourth-order valence-electron chi connectivity index (χ4n) is 2.19. The smallest absolute Gasteiger partial charge is 0.329 e. The van der Waals surface area contributed by atoms with E-state index in [9.17, 15) is 14.7 Å². The Kier molecular flexibility index (Phi) is 3.63. The van der Waals surface area contributed by atoms with E-state index >= 15 is 0 Å². The van der Waals surface area contributed by atoms with Gasteiger partial charge in [-0.2, -0.15) is 4.80 Å². The molecule has 0 unspecified atom stereocenters. The highest BCUT2D eigenvalue weighted by molar-refractivity contribution is 5.86. The van der Waals surface area contributed by atoms with Crippen molar-refractivity contribution >= 4 is 12.0 Å². The molecule has 0 radical (unpaired) electrons. The van der Waals surface area contributed by atoms with Crippen LogP contribution in [0.3, 0.4) is 0 Å². The number of rotatable bonds is 4. The number of carboxylic acids is 1. The van der Waals surface area contributed by atoms with Crippen LogP contribution in [0, 0.1) is 0 Å². The Hall–Kier alpha value is -2.19. The number of carbonyl (C=O) groups excluding carboxylic acids is 1. The van der Waals surface area contributed by atoms with Crippen molar-refractivity contribution in [3.63, 3.8) is 0 Å². The summed E-state index contributed by atoms with van der Waals surface area (Å²) >= 11 is 0. The summed E-state index contributed by atoms with van der Waals surface area (Å²) in [4.78, 5) is 24.3. The average molecular weight is 268 g/mol. The van der Waals surface area contributed by atoms with Gasteiger partial charge in [-0.3, -0.25) is 0 Å². The fraction of sp³-hybridized carbons (Fsp3) is 0.700. The van der Waals surface area contributed by atoms with Gasteiger partial charge in [0.05, 0.1) is 13.6 Å². The molecule has 0 spiro atoms. The van der Waals surface area contributed by atoms with Crippen molar-refractivity contribution in [2.75, 3.05) is 0 Å². The zero-order valence-corrected chi connectivity index (χ0v) is 10.6. The number of tetrazole rings is 1. The number of hydrogen-bond donors (Lipinski definition) is 3. The predicted octanol–water partition coefficient (Wildman–Crippen LogP) is -0.593. The molecule has 0 bridgehead atoms. The summed E-state index contributed by atoms with van der Waals surface area (Å²) in [5.41, 5.74) is -1.14. The van der Waals surface area contributed by atoms with Crippen LogP contribution in [-0.4, -0.2) is 42.9 Å². The van der Waals surface area contributed by atoms with Crippen LogP contribution in [0.5, 0.6) is 0 Å². The van der Waals surface area contributed by atoms with Crippen LogP contribution in [0.4, 0.5) is 4.79 Å². The number of urea groups is 1. The van der Waals surface area contributed by atoms with Crippen LogP contribution in [0.2, 0.25) is 0 Å². The zero-order valence-electron chi connectivity index (χ0n) is 10.6. The van der Waals surface area contributed by atoms with E-state index in [1.165, 1.54) is 4.80 Å². The van der Waals surface area contributed by atoms with Crippen molar-refractivity contribution in [2.45, 2.75) is 37.8 Å². The van der Waals surface area contributed by atoms with E-state index in [1.54, 1.807) is 7.05 Å². The second-order valence-corrected chi connectivity index (χ2v) is 4.60. The van der Waals surface area contributed by atoms with Gasteiger partial charge in [0.1, 0.15) is 5.54 Å². The van der Waals surface area contributed by atoms with Gasteiger partial charge in [0.25, 0.3) is 0 Å². The van der Waals surface area contributed by atoms with Crippen LogP contribution >= 0.6 is 0 Å². The molecule has 0 aliphatic heterocycles. The van der Waals surface area contributed by atoms with Crippen LogP contribution in [0.15, 0.2) is 0 Å². The van der Waals surface area contributed by atoms with Crippen LogP contribution < -0.4 is 10.6 Å².